The molecule has 0 spiro atoms. The summed E-state index contributed by atoms with van der Waals surface area (Å²) in [6.07, 6.45) is 0. The number of H-pyrrole nitrogens is 2. The number of hydrogen-bond acceptors (Lipinski definition) is 3. The van der Waals surface area contributed by atoms with Crippen LogP contribution in [0.4, 0.5) is 0 Å². The largest absolute Gasteiger partial charge is 0.342 e. The summed E-state index contributed by atoms with van der Waals surface area (Å²) >= 11 is 1.84. The molecule has 0 bridgehead atoms. The summed E-state index contributed by atoms with van der Waals surface area (Å²) in [7, 11) is 0. The van der Waals surface area contributed by atoms with E-state index in [1.165, 1.54) is 54.3 Å². The van der Waals surface area contributed by atoms with Gasteiger partial charge in [0.2, 0.25) is 0 Å². The Labute approximate surface area is 324 Å². The average Bonchev–Trinajstić information content (AvgIpc) is 3.94. The highest BCUT2D eigenvalue weighted by Crippen LogP contribution is 2.36. The Morgan fingerprint density at radius 2 is 0.870 bits per heavy atom. The summed E-state index contributed by atoms with van der Waals surface area (Å²) in [6, 6.07) is 44.1. The predicted molar refractivity (Wildman–Crippen MR) is 233 cm³/mol. The van der Waals surface area contributed by atoms with Gasteiger partial charge < -0.3 is 9.97 Å². The predicted octanol–water partition coefficient (Wildman–Crippen LogP) is 14.5. The Bertz CT molecular complexity index is 2480. The van der Waals surface area contributed by atoms with Gasteiger partial charge >= 0.3 is 0 Å². The van der Waals surface area contributed by atoms with Crippen LogP contribution >= 0.6 is 11.3 Å². The monoisotopic (exact) mass is 728 g/mol. The van der Waals surface area contributed by atoms with Gasteiger partial charge in [0.1, 0.15) is 11.6 Å². The zero-order valence-corrected chi connectivity index (χ0v) is 33.9. The summed E-state index contributed by atoms with van der Waals surface area (Å²) in [4.78, 5) is 18.9. The van der Waals surface area contributed by atoms with Crippen LogP contribution in [0, 0.1) is 0 Å². The number of aromatic amines is 2. The first kappa shape index (κ1) is 37.1. The number of nitrogens with zero attached hydrogens (tertiary/aromatic N) is 2. The molecule has 3 heterocycles. The van der Waals surface area contributed by atoms with E-state index in [0.717, 1.165) is 33.7 Å². The summed E-state index contributed by atoms with van der Waals surface area (Å²) in [5, 5.41) is 0. The van der Waals surface area contributed by atoms with Gasteiger partial charge in [0.05, 0.1) is 22.1 Å². The quantitative estimate of drug-likeness (QED) is 0.172. The van der Waals surface area contributed by atoms with Crippen molar-refractivity contribution in [3.8, 4) is 43.1 Å². The first-order valence-electron chi connectivity index (χ1n) is 19.2. The van der Waals surface area contributed by atoms with Crippen LogP contribution in [0.15, 0.2) is 121 Å². The van der Waals surface area contributed by atoms with E-state index in [1.54, 1.807) is 0 Å². The third-order valence-corrected chi connectivity index (χ3v) is 11.3. The van der Waals surface area contributed by atoms with Gasteiger partial charge in [-0.2, -0.15) is 0 Å². The van der Waals surface area contributed by atoms with Gasteiger partial charge in [-0.15, -0.1) is 11.3 Å². The van der Waals surface area contributed by atoms with Gasteiger partial charge in [0, 0.05) is 21.1 Å². The second-order valence-corrected chi connectivity index (χ2v) is 17.5. The molecule has 0 fully saturated rings. The van der Waals surface area contributed by atoms with Crippen molar-refractivity contribution in [3.05, 3.63) is 144 Å². The molecule has 274 valence electrons. The van der Waals surface area contributed by atoms with E-state index in [1.807, 2.05) is 11.3 Å². The normalized spacial score (nSPS) is 11.9. The molecule has 0 radical (unpaired) electrons. The molecule has 8 rings (SSSR count). The van der Waals surface area contributed by atoms with Crippen LogP contribution in [0.3, 0.4) is 0 Å². The van der Waals surface area contributed by atoms with E-state index < -0.39 is 0 Å². The molecule has 8 aromatic rings. The number of hydrogen-bond donors (Lipinski definition) is 2. The van der Waals surface area contributed by atoms with E-state index in [0.29, 0.717) is 17.8 Å². The molecule has 0 aliphatic rings. The number of fused-ring (bicyclic) bond motifs is 2. The van der Waals surface area contributed by atoms with E-state index in [2.05, 4.69) is 199 Å². The number of benzene rings is 5. The second kappa shape index (κ2) is 15.2. The van der Waals surface area contributed by atoms with Crippen molar-refractivity contribution in [2.24, 2.45) is 0 Å². The third kappa shape index (κ3) is 8.12. The molecule has 0 saturated heterocycles. The molecule has 3 aromatic heterocycles. The van der Waals surface area contributed by atoms with Crippen LogP contribution in [0.1, 0.15) is 103 Å². The number of nitrogens with one attached hydrogen (secondary N) is 2. The maximum Gasteiger partial charge on any atom is 0.112 e. The number of thiophene rings is 1. The summed E-state index contributed by atoms with van der Waals surface area (Å²) in [6.45, 7) is 19.8. The summed E-state index contributed by atoms with van der Waals surface area (Å²) in [5.41, 5.74) is 14.5. The van der Waals surface area contributed by atoms with Crippen molar-refractivity contribution in [1.82, 2.24) is 19.9 Å². The third-order valence-electron chi connectivity index (χ3n) is 10.1. The van der Waals surface area contributed by atoms with Crippen LogP contribution in [0.2, 0.25) is 0 Å². The molecule has 0 atom stereocenters. The fourth-order valence-electron chi connectivity index (χ4n) is 6.60. The zero-order chi connectivity index (χ0) is 38.1. The SMILES string of the molecule is CC(C)c1ccc(-c2ccc(-c3ccc4nc(C(C)(C)C)[nH]c4c3)cc2)cc1.CC(C)c1ccc(-c2ccc(-c3ccc4nc(C(C)C)[nH]c4c3)s2)cc1. The topological polar surface area (TPSA) is 57.4 Å². The fourth-order valence-corrected chi connectivity index (χ4v) is 7.60. The lowest BCUT2D eigenvalue weighted by Gasteiger charge is -2.13. The summed E-state index contributed by atoms with van der Waals surface area (Å²) in [5.74, 6) is 3.62. The molecule has 0 aliphatic carbocycles. The minimum absolute atomic E-state index is 0.0198. The molecule has 2 N–H and O–H groups in total. The van der Waals surface area contributed by atoms with Gasteiger partial charge in [-0.25, -0.2) is 9.97 Å². The molecule has 0 aliphatic heterocycles. The van der Waals surface area contributed by atoms with Crippen molar-refractivity contribution in [2.45, 2.75) is 85.5 Å². The summed E-state index contributed by atoms with van der Waals surface area (Å²) < 4.78 is 0. The smallest absolute Gasteiger partial charge is 0.112 e. The molecule has 4 nitrogen and oxygen atoms in total. The molecule has 0 amide bonds. The van der Waals surface area contributed by atoms with Gasteiger partial charge in [-0.3, -0.25) is 0 Å². The van der Waals surface area contributed by atoms with E-state index in [-0.39, 0.29) is 5.41 Å². The van der Waals surface area contributed by atoms with Crippen LogP contribution < -0.4 is 0 Å². The maximum atomic E-state index is 4.74. The molecular weight excluding hydrogens is 677 g/mol. The number of imidazole rings is 2. The number of aromatic nitrogens is 4. The molecular formula is C49H52N4S. The van der Waals surface area contributed by atoms with Crippen molar-refractivity contribution >= 4 is 33.4 Å². The lowest BCUT2D eigenvalue weighted by Crippen LogP contribution is -2.12. The molecule has 5 heteroatoms. The van der Waals surface area contributed by atoms with Gasteiger partial charge in [0.25, 0.3) is 0 Å². The Hall–Kier alpha value is -5.26. The Kier molecular flexibility index (Phi) is 10.5. The highest BCUT2D eigenvalue weighted by Gasteiger charge is 2.18. The Balaban J connectivity index is 0.000000167. The minimum atomic E-state index is 0.0198. The second-order valence-electron chi connectivity index (χ2n) is 16.4. The van der Waals surface area contributed by atoms with Crippen molar-refractivity contribution in [3.63, 3.8) is 0 Å². The highest BCUT2D eigenvalue weighted by atomic mass is 32.1. The van der Waals surface area contributed by atoms with Crippen molar-refractivity contribution in [1.29, 1.82) is 0 Å². The first-order valence-corrected chi connectivity index (χ1v) is 20.1. The Morgan fingerprint density at radius 1 is 0.444 bits per heavy atom. The van der Waals surface area contributed by atoms with Crippen molar-refractivity contribution < 1.29 is 0 Å². The fraction of sp³-hybridized carbons (Fsp3) is 0.265. The van der Waals surface area contributed by atoms with E-state index >= 15 is 0 Å². The van der Waals surface area contributed by atoms with E-state index in [4.69, 9.17) is 4.98 Å². The molecule has 54 heavy (non-hydrogen) atoms. The minimum Gasteiger partial charge on any atom is -0.342 e. The lowest BCUT2D eigenvalue weighted by atomic mass is 9.96. The van der Waals surface area contributed by atoms with E-state index in [9.17, 15) is 0 Å². The highest BCUT2D eigenvalue weighted by molar-refractivity contribution is 7.18. The van der Waals surface area contributed by atoms with Crippen LogP contribution in [0.5, 0.6) is 0 Å². The molecule has 0 saturated carbocycles. The van der Waals surface area contributed by atoms with Gasteiger partial charge in [-0.1, -0.05) is 147 Å². The van der Waals surface area contributed by atoms with Crippen LogP contribution in [-0.4, -0.2) is 19.9 Å². The lowest BCUT2D eigenvalue weighted by molar-refractivity contribution is 0.554. The van der Waals surface area contributed by atoms with Gasteiger partial charge in [-0.05, 0) is 92.7 Å². The average molecular weight is 729 g/mol. The zero-order valence-electron chi connectivity index (χ0n) is 33.1. The standard InChI is InChI=1S/C26H28N2.C23H24N2S/c1-17(2)18-6-8-19(9-7-18)20-10-12-21(13-11-20)22-14-15-23-24(16-22)28-25(27-23)26(3,4)5;1-14(2)16-5-7-17(8-6-16)21-11-12-22(26-21)18-9-10-19-20(13-18)25-23(24-19)15(3)4/h6-17H,1-5H3,(H,27,28);5-15H,1-4H3,(H,24,25). The first-order chi connectivity index (χ1) is 25.8. The van der Waals surface area contributed by atoms with Crippen LogP contribution in [0.25, 0.3) is 65.2 Å². The van der Waals surface area contributed by atoms with Crippen molar-refractivity contribution in [2.75, 3.05) is 0 Å². The maximum absolute atomic E-state index is 4.74. The van der Waals surface area contributed by atoms with Gasteiger partial charge in [0.15, 0.2) is 0 Å². The molecule has 5 aromatic carbocycles. The van der Waals surface area contributed by atoms with Crippen LogP contribution in [-0.2, 0) is 5.41 Å². The molecule has 0 unspecified atom stereocenters. The Morgan fingerprint density at radius 3 is 1.41 bits per heavy atom. The number of rotatable bonds is 7.